The first-order chi connectivity index (χ1) is 10.9. The highest BCUT2D eigenvalue weighted by Gasteiger charge is 2.31. The third-order valence-corrected chi connectivity index (χ3v) is 4.56. The predicted molar refractivity (Wildman–Crippen MR) is 79.7 cm³/mol. The van der Waals surface area contributed by atoms with Crippen molar-refractivity contribution in [2.75, 3.05) is 19.6 Å². The molecule has 1 aromatic heterocycles. The summed E-state index contributed by atoms with van der Waals surface area (Å²) in [4.78, 5) is 25.3. The normalized spacial score (nSPS) is 20.3. The highest BCUT2D eigenvalue weighted by molar-refractivity contribution is 5.72. The fourth-order valence-corrected chi connectivity index (χ4v) is 2.97. The Labute approximate surface area is 132 Å². The fourth-order valence-electron chi connectivity index (χ4n) is 2.97. The first-order valence-electron chi connectivity index (χ1n) is 7.94. The zero-order valence-electron chi connectivity index (χ0n) is 12.8. The lowest BCUT2D eigenvalue weighted by Crippen LogP contribution is -2.49. The molecule has 0 bridgehead atoms. The van der Waals surface area contributed by atoms with Crippen LogP contribution in [0.25, 0.3) is 0 Å². The molecule has 2 aliphatic rings. The van der Waals surface area contributed by atoms with Gasteiger partial charge < -0.3 is 5.11 Å². The van der Waals surface area contributed by atoms with Gasteiger partial charge in [-0.15, -0.1) is 0 Å². The summed E-state index contributed by atoms with van der Waals surface area (Å²) in [6.07, 6.45) is 3.38. The van der Waals surface area contributed by atoms with Crippen LogP contribution < -0.4 is 5.56 Å². The number of hydrogen-bond donors (Lipinski definition) is 1. The number of nitrogens with zero attached hydrogens (tertiary/aromatic N) is 2. The van der Waals surface area contributed by atoms with Crippen molar-refractivity contribution >= 4 is 5.97 Å². The molecule has 1 aliphatic heterocycles. The molecule has 0 spiro atoms. The summed E-state index contributed by atoms with van der Waals surface area (Å²) in [6.45, 7) is 1.32. The molecule has 126 valence electrons. The summed E-state index contributed by atoms with van der Waals surface area (Å²) in [5.74, 6) is -1.74. The molecule has 1 atom stereocenters. The molecule has 1 aliphatic carbocycles. The lowest BCUT2D eigenvalue weighted by atomic mass is 10.1. The Morgan fingerprint density at radius 2 is 2.09 bits per heavy atom. The molecule has 7 heteroatoms. The van der Waals surface area contributed by atoms with Gasteiger partial charge >= 0.3 is 5.97 Å². The summed E-state index contributed by atoms with van der Waals surface area (Å²) >= 11 is 0. The topological polar surface area (TPSA) is 62.5 Å². The highest BCUT2D eigenvalue weighted by Crippen LogP contribution is 2.36. The molecule has 0 radical (unpaired) electrons. The minimum absolute atomic E-state index is 0.303. The Hall–Kier alpha value is -1.76. The summed E-state index contributed by atoms with van der Waals surface area (Å²) in [5, 5.41) is 9.37. The number of carboxylic acid groups (broad SMARTS) is 1. The second kappa shape index (κ2) is 6.39. The maximum atomic E-state index is 13.9. The van der Waals surface area contributed by atoms with Gasteiger partial charge in [-0.2, -0.15) is 0 Å². The van der Waals surface area contributed by atoms with Gasteiger partial charge in [0.15, 0.2) is 5.82 Å². The van der Waals surface area contributed by atoms with Crippen molar-refractivity contribution in [3.05, 3.63) is 34.0 Å². The molecule has 0 aromatic carbocycles. The van der Waals surface area contributed by atoms with Crippen molar-refractivity contribution in [1.29, 1.82) is 0 Å². The van der Waals surface area contributed by atoms with Crippen LogP contribution in [0.1, 0.15) is 30.9 Å². The minimum Gasteiger partial charge on any atom is -0.480 e. The van der Waals surface area contributed by atoms with Gasteiger partial charge in [0, 0.05) is 25.8 Å². The van der Waals surface area contributed by atoms with Crippen LogP contribution in [0.5, 0.6) is 0 Å². The second-order valence-electron chi connectivity index (χ2n) is 6.55. The van der Waals surface area contributed by atoms with Gasteiger partial charge in [0.25, 0.3) is 5.56 Å². The van der Waals surface area contributed by atoms with Gasteiger partial charge in [0.1, 0.15) is 12.2 Å². The van der Waals surface area contributed by atoms with Crippen LogP contribution in [0.3, 0.4) is 0 Å². The largest absolute Gasteiger partial charge is 0.480 e. The Morgan fingerprint density at radius 1 is 1.39 bits per heavy atom. The van der Waals surface area contributed by atoms with Crippen LogP contribution in [0.2, 0.25) is 0 Å². The van der Waals surface area contributed by atoms with Gasteiger partial charge in [-0.3, -0.25) is 14.3 Å². The number of carboxylic acids is 1. The molecule has 5 nitrogen and oxygen atoms in total. The molecular formula is C16H20F2N2O3. The Balaban J connectivity index is 1.77. The van der Waals surface area contributed by atoms with E-state index in [9.17, 15) is 23.5 Å². The molecule has 2 fully saturated rings. The zero-order chi connectivity index (χ0) is 16.6. The van der Waals surface area contributed by atoms with Crippen molar-refractivity contribution in [3.63, 3.8) is 0 Å². The average molecular weight is 326 g/mol. The van der Waals surface area contributed by atoms with E-state index in [1.165, 1.54) is 6.20 Å². The molecular weight excluding hydrogens is 306 g/mol. The maximum Gasteiger partial charge on any atom is 0.326 e. The van der Waals surface area contributed by atoms with E-state index in [4.69, 9.17) is 0 Å². The van der Waals surface area contributed by atoms with Gasteiger partial charge in [-0.05, 0) is 30.4 Å². The number of halogens is 2. The van der Waals surface area contributed by atoms with Crippen LogP contribution in [0.4, 0.5) is 8.78 Å². The molecule has 0 amide bonds. The van der Waals surface area contributed by atoms with Crippen LogP contribution in [0, 0.1) is 11.7 Å². The van der Waals surface area contributed by atoms with E-state index < -0.39 is 29.6 Å². The standard InChI is InChI=1S/C16H20F2N2O3/c17-12-8-19(9-12)4-3-11-5-13(18)15(21)20(7-11)14(16(22)23)6-10-1-2-10/h5,7,10,12,14H,1-4,6,8-9H2,(H,22,23). The molecule has 1 saturated heterocycles. The molecule has 1 aromatic rings. The zero-order valence-corrected chi connectivity index (χ0v) is 12.8. The van der Waals surface area contributed by atoms with Gasteiger partial charge in [0.05, 0.1) is 0 Å². The smallest absolute Gasteiger partial charge is 0.326 e. The SMILES string of the molecule is O=C(O)C(CC1CC1)n1cc(CCN2CC(F)C2)cc(F)c1=O. The average Bonchev–Trinajstić information content (AvgIpc) is 3.27. The highest BCUT2D eigenvalue weighted by atomic mass is 19.1. The molecule has 23 heavy (non-hydrogen) atoms. The number of hydrogen-bond acceptors (Lipinski definition) is 3. The second-order valence-corrected chi connectivity index (χ2v) is 6.55. The Bertz CT molecular complexity index is 651. The third kappa shape index (κ3) is 3.77. The molecule has 1 saturated carbocycles. The maximum absolute atomic E-state index is 13.9. The molecule has 1 unspecified atom stereocenters. The first kappa shape index (κ1) is 16.1. The van der Waals surface area contributed by atoms with Crippen LogP contribution in [0.15, 0.2) is 17.1 Å². The number of likely N-dealkylation sites (tertiary alicyclic amines) is 1. The van der Waals surface area contributed by atoms with Crippen molar-refractivity contribution in [1.82, 2.24) is 9.47 Å². The van der Waals surface area contributed by atoms with Crippen LogP contribution >= 0.6 is 0 Å². The summed E-state index contributed by atoms with van der Waals surface area (Å²) < 4.78 is 27.7. The van der Waals surface area contributed by atoms with Gasteiger partial charge in [-0.1, -0.05) is 12.8 Å². The van der Waals surface area contributed by atoms with Crippen LogP contribution in [-0.2, 0) is 11.2 Å². The Kier molecular flexibility index (Phi) is 4.48. The number of alkyl halides is 1. The number of rotatable bonds is 7. The molecule has 1 N–H and O–H groups in total. The van der Waals surface area contributed by atoms with Crippen molar-refractivity contribution in [2.45, 2.75) is 37.9 Å². The summed E-state index contributed by atoms with van der Waals surface area (Å²) in [6, 6.07) is 0.130. The van der Waals surface area contributed by atoms with E-state index in [1.807, 2.05) is 4.90 Å². The van der Waals surface area contributed by atoms with E-state index in [-0.39, 0.29) is 0 Å². The number of aromatic nitrogens is 1. The Morgan fingerprint density at radius 3 is 2.65 bits per heavy atom. The van der Waals surface area contributed by atoms with Crippen molar-refractivity contribution in [3.8, 4) is 0 Å². The van der Waals surface area contributed by atoms with Gasteiger partial charge in [0.2, 0.25) is 0 Å². The quantitative estimate of drug-likeness (QED) is 0.827. The molecule has 3 rings (SSSR count). The summed E-state index contributed by atoms with van der Waals surface area (Å²) in [7, 11) is 0. The minimum atomic E-state index is -1.11. The van der Waals surface area contributed by atoms with E-state index in [0.29, 0.717) is 44.0 Å². The predicted octanol–water partition coefficient (Wildman–Crippen LogP) is 1.61. The lowest BCUT2D eigenvalue weighted by molar-refractivity contribution is -0.141. The van der Waals surface area contributed by atoms with E-state index in [2.05, 4.69) is 0 Å². The number of pyridine rings is 1. The summed E-state index contributed by atoms with van der Waals surface area (Å²) in [5.41, 5.74) is -0.332. The lowest BCUT2D eigenvalue weighted by Gasteiger charge is -2.34. The number of carbonyl (C=O) groups is 1. The fraction of sp³-hybridized carbons (Fsp3) is 0.625. The van der Waals surface area contributed by atoms with E-state index >= 15 is 0 Å². The monoisotopic (exact) mass is 326 g/mol. The van der Waals surface area contributed by atoms with E-state index in [0.717, 1.165) is 23.5 Å². The van der Waals surface area contributed by atoms with Crippen molar-refractivity contribution in [2.24, 2.45) is 5.92 Å². The first-order valence-corrected chi connectivity index (χ1v) is 7.94. The van der Waals surface area contributed by atoms with E-state index in [1.54, 1.807) is 0 Å². The number of aliphatic carboxylic acids is 1. The third-order valence-electron chi connectivity index (χ3n) is 4.56. The van der Waals surface area contributed by atoms with Gasteiger partial charge in [-0.25, -0.2) is 13.6 Å². The van der Waals surface area contributed by atoms with Crippen LogP contribution in [-0.4, -0.2) is 46.3 Å². The van der Waals surface area contributed by atoms with Crippen molar-refractivity contribution < 1.29 is 18.7 Å². The molecule has 2 heterocycles.